The summed E-state index contributed by atoms with van der Waals surface area (Å²) in [7, 11) is 0. The lowest BCUT2D eigenvalue weighted by Gasteiger charge is -2.27. The van der Waals surface area contributed by atoms with E-state index in [9.17, 15) is 10.2 Å². The highest BCUT2D eigenvalue weighted by Crippen LogP contribution is 2.48. The molecule has 5 rings (SSSR count). The predicted molar refractivity (Wildman–Crippen MR) is 181 cm³/mol. The first-order chi connectivity index (χ1) is 20.7. The standard InChI is InChI=1S/C38H48ClN2O2/c1-37(2)30-16-5-7-18-32(30)40(24-9-11-26-42)34(37)22-20-28-14-13-15-29(36(28)39)21-23-35-38(3,4)31-17-6-8-19-33(31)41(35)25-10-12-27-43/h5-8,16-23,42-43H,9-15,24-27H2,1-4H3/q+1. The Morgan fingerprint density at radius 1 is 0.814 bits per heavy atom. The Labute approximate surface area is 263 Å². The normalized spacial score (nSPS) is 21.0. The molecule has 0 radical (unpaired) electrons. The van der Waals surface area contributed by atoms with Gasteiger partial charge in [0, 0.05) is 65.7 Å². The van der Waals surface area contributed by atoms with Crippen LogP contribution in [0.4, 0.5) is 11.4 Å². The Hall–Kier alpha value is -2.92. The maximum atomic E-state index is 9.40. The summed E-state index contributed by atoms with van der Waals surface area (Å²) in [4.78, 5) is 2.44. The summed E-state index contributed by atoms with van der Waals surface area (Å²) in [6, 6.07) is 17.4. The van der Waals surface area contributed by atoms with Gasteiger partial charge >= 0.3 is 0 Å². The number of allylic oxidation sites excluding steroid dienone is 8. The summed E-state index contributed by atoms with van der Waals surface area (Å²) < 4.78 is 2.44. The molecule has 0 unspecified atom stereocenters. The third kappa shape index (κ3) is 6.20. The summed E-state index contributed by atoms with van der Waals surface area (Å²) in [6.45, 7) is 11.4. The van der Waals surface area contributed by atoms with Gasteiger partial charge in [-0.05, 0) is 81.2 Å². The fourth-order valence-electron chi connectivity index (χ4n) is 7.09. The van der Waals surface area contributed by atoms with Crippen molar-refractivity contribution in [1.29, 1.82) is 0 Å². The van der Waals surface area contributed by atoms with E-state index in [2.05, 4.69) is 110 Å². The van der Waals surface area contributed by atoms with E-state index < -0.39 is 0 Å². The van der Waals surface area contributed by atoms with Crippen LogP contribution in [0.15, 0.2) is 94.7 Å². The van der Waals surface area contributed by atoms with E-state index in [0.29, 0.717) is 0 Å². The van der Waals surface area contributed by atoms with E-state index in [1.54, 1.807) is 0 Å². The Morgan fingerprint density at radius 2 is 1.51 bits per heavy atom. The Morgan fingerprint density at radius 3 is 2.28 bits per heavy atom. The maximum absolute atomic E-state index is 9.40. The first kappa shape index (κ1) is 31.5. The number of aliphatic hydroxyl groups is 2. The Balaban J connectivity index is 1.47. The number of nitrogens with zero attached hydrogens (tertiary/aromatic N) is 2. The van der Waals surface area contributed by atoms with Crippen molar-refractivity contribution in [2.45, 2.75) is 83.5 Å². The number of aliphatic hydroxyl groups excluding tert-OH is 2. The van der Waals surface area contributed by atoms with Crippen molar-refractivity contribution in [3.8, 4) is 0 Å². The average Bonchev–Trinajstić information content (AvgIpc) is 3.35. The fourth-order valence-corrected chi connectivity index (χ4v) is 7.41. The van der Waals surface area contributed by atoms with E-state index in [1.807, 2.05) is 0 Å². The van der Waals surface area contributed by atoms with E-state index in [4.69, 9.17) is 11.6 Å². The third-order valence-electron chi connectivity index (χ3n) is 9.52. The number of halogens is 1. The molecule has 0 fully saturated rings. The van der Waals surface area contributed by atoms with E-state index in [-0.39, 0.29) is 24.0 Å². The minimum atomic E-state index is -0.111. The molecule has 0 amide bonds. The van der Waals surface area contributed by atoms with Crippen molar-refractivity contribution in [2.24, 2.45) is 0 Å². The second-order valence-corrected chi connectivity index (χ2v) is 13.5. The summed E-state index contributed by atoms with van der Waals surface area (Å²) in [5.41, 5.74) is 9.96. The van der Waals surface area contributed by atoms with Crippen LogP contribution in [0, 0.1) is 0 Å². The number of hydrogen-bond acceptors (Lipinski definition) is 3. The molecule has 1 aliphatic carbocycles. The zero-order chi connectivity index (χ0) is 30.6. The molecule has 43 heavy (non-hydrogen) atoms. The highest BCUT2D eigenvalue weighted by atomic mass is 35.5. The minimum Gasteiger partial charge on any atom is -0.396 e. The van der Waals surface area contributed by atoms with Gasteiger partial charge in [0.25, 0.3) is 0 Å². The van der Waals surface area contributed by atoms with Crippen LogP contribution in [0.1, 0.15) is 83.8 Å². The molecule has 0 spiro atoms. The number of unbranched alkanes of at least 4 members (excludes halogenated alkanes) is 2. The highest BCUT2D eigenvalue weighted by Gasteiger charge is 2.44. The van der Waals surface area contributed by atoms with Crippen LogP contribution in [0.3, 0.4) is 0 Å². The van der Waals surface area contributed by atoms with Gasteiger partial charge in [-0.2, -0.15) is 4.58 Å². The molecule has 5 heteroatoms. The van der Waals surface area contributed by atoms with Gasteiger partial charge in [0.2, 0.25) is 5.69 Å². The Kier molecular flexibility index (Phi) is 9.80. The van der Waals surface area contributed by atoms with Gasteiger partial charge in [0.1, 0.15) is 6.54 Å². The molecule has 2 N–H and O–H groups in total. The van der Waals surface area contributed by atoms with Crippen molar-refractivity contribution in [3.05, 3.63) is 106 Å². The molecule has 3 aliphatic rings. The molecule has 0 bridgehead atoms. The quantitative estimate of drug-likeness (QED) is 0.201. The summed E-state index contributed by atoms with van der Waals surface area (Å²) >= 11 is 7.16. The number of fused-ring (bicyclic) bond motifs is 2. The molecule has 2 heterocycles. The summed E-state index contributed by atoms with van der Waals surface area (Å²) in [5.74, 6) is 0. The molecule has 4 nitrogen and oxygen atoms in total. The number of benzene rings is 2. The van der Waals surface area contributed by atoms with Crippen LogP contribution >= 0.6 is 11.6 Å². The van der Waals surface area contributed by atoms with Crippen LogP contribution in [0.5, 0.6) is 0 Å². The second kappa shape index (κ2) is 13.4. The van der Waals surface area contributed by atoms with Gasteiger partial charge < -0.3 is 15.1 Å². The van der Waals surface area contributed by atoms with Gasteiger partial charge in [-0.25, -0.2) is 0 Å². The molecule has 2 aliphatic heterocycles. The number of rotatable bonds is 11. The molecule has 228 valence electrons. The number of para-hydroxylation sites is 2. The molecular weight excluding hydrogens is 552 g/mol. The Bertz CT molecular complexity index is 1490. The van der Waals surface area contributed by atoms with E-state index in [0.717, 1.165) is 63.1 Å². The first-order valence-electron chi connectivity index (χ1n) is 16.0. The maximum Gasteiger partial charge on any atom is 0.209 e. The highest BCUT2D eigenvalue weighted by molar-refractivity contribution is 6.32. The lowest BCUT2D eigenvalue weighted by molar-refractivity contribution is -0.438. The van der Waals surface area contributed by atoms with E-state index in [1.165, 1.54) is 45.1 Å². The van der Waals surface area contributed by atoms with Gasteiger partial charge in [-0.3, -0.25) is 0 Å². The molecule has 2 aromatic carbocycles. The lowest BCUT2D eigenvalue weighted by atomic mass is 9.81. The monoisotopic (exact) mass is 599 g/mol. The fraction of sp³-hybridized carbons (Fsp3) is 0.447. The van der Waals surface area contributed by atoms with Gasteiger partial charge in [-0.15, -0.1) is 0 Å². The number of hydrogen-bond donors (Lipinski definition) is 2. The minimum absolute atomic E-state index is 0.111. The van der Waals surface area contributed by atoms with Gasteiger partial charge in [-0.1, -0.05) is 74.0 Å². The molecule has 0 saturated heterocycles. The van der Waals surface area contributed by atoms with Crippen LogP contribution < -0.4 is 4.90 Å². The molecule has 0 aromatic heterocycles. The molecule has 2 aromatic rings. The van der Waals surface area contributed by atoms with Crippen molar-refractivity contribution < 1.29 is 14.8 Å². The average molecular weight is 600 g/mol. The third-order valence-corrected chi connectivity index (χ3v) is 10.0. The topological polar surface area (TPSA) is 46.7 Å². The number of anilines is 1. The van der Waals surface area contributed by atoms with Gasteiger partial charge in [0.15, 0.2) is 5.71 Å². The largest absolute Gasteiger partial charge is 0.396 e. The van der Waals surface area contributed by atoms with Gasteiger partial charge in [0.05, 0.1) is 5.41 Å². The zero-order valence-electron chi connectivity index (χ0n) is 26.4. The summed E-state index contributed by atoms with van der Waals surface area (Å²) in [5, 5.41) is 19.7. The zero-order valence-corrected chi connectivity index (χ0v) is 27.1. The SMILES string of the molecule is CC1(C)C(=CC=C2CCCC(C=CC3=[N+](CCCCO)c4ccccc4C3(C)C)=C2Cl)N(CCCCO)c2ccccc21. The van der Waals surface area contributed by atoms with Crippen LogP contribution in [0.25, 0.3) is 0 Å². The summed E-state index contributed by atoms with van der Waals surface area (Å²) in [6.07, 6.45) is 15.6. The second-order valence-electron chi connectivity index (χ2n) is 13.1. The predicted octanol–water partition coefficient (Wildman–Crippen LogP) is 8.45. The molecule has 0 saturated carbocycles. The lowest BCUT2D eigenvalue weighted by Crippen LogP contribution is -2.28. The first-order valence-corrected chi connectivity index (χ1v) is 16.4. The van der Waals surface area contributed by atoms with Crippen molar-refractivity contribution in [2.75, 3.05) is 31.2 Å². The smallest absolute Gasteiger partial charge is 0.209 e. The van der Waals surface area contributed by atoms with Crippen molar-refractivity contribution >= 4 is 28.7 Å². The van der Waals surface area contributed by atoms with Crippen LogP contribution in [-0.4, -0.2) is 46.8 Å². The van der Waals surface area contributed by atoms with Crippen LogP contribution in [-0.2, 0) is 10.8 Å². The van der Waals surface area contributed by atoms with E-state index >= 15 is 0 Å². The van der Waals surface area contributed by atoms with Crippen molar-refractivity contribution in [1.82, 2.24) is 0 Å². The van der Waals surface area contributed by atoms with Crippen LogP contribution in [0.2, 0.25) is 0 Å². The molecule has 0 atom stereocenters. The van der Waals surface area contributed by atoms with Crippen molar-refractivity contribution in [3.63, 3.8) is 0 Å². The molecular formula is C38H48ClN2O2+.